The highest BCUT2D eigenvalue weighted by molar-refractivity contribution is 5.95. The Morgan fingerprint density at radius 1 is 1.18 bits per heavy atom. The number of aromatic nitrogens is 2. The zero-order chi connectivity index (χ0) is 19.5. The van der Waals surface area contributed by atoms with E-state index in [2.05, 4.69) is 9.55 Å². The first-order valence-electron chi connectivity index (χ1n) is 9.80. The van der Waals surface area contributed by atoms with Crippen molar-refractivity contribution in [2.24, 2.45) is 0 Å². The maximum atomic E-state index is 13.2. The van der Waals surface area contributed by atoms with Gasteiger partial charge in [0.1, 0.15) is 11.9 Å². The van der Waals surface area contributed by atoms with Crippen molar-refractivity contribution in [2.45, 2.75) is 37.9 Å². The first-order chi connectivity index (χ1) is 13.7. The number of imidazole rings is 1. The van der Waals surface area contributed by atoms with Crippen LogP contribution in [-0.4, -0.2) is 64.0 Å². The number of carbonyl (C=O) groups excluding carboxylic acids is 2. The maximum Gasteiger partial charge on any atom is 0.246 e. The van der Waals surface area contributed by atoms with Crippen molar-refractivity contribution >= 4 is 11.8 Å². The summed E-state index contributed by atoms with van der Waals surface area (Å²) in [6, 6.07) is 9.81. The molecule has 0 spiro atoms. The number of hydrogen-bond acceptors (Lipinski definition) is 4. The van der Waals surface area contributed by atoms with Gasteiger partial charge in [-0.05, 0) is 18.4 Å². The van der Waals surface area contributed by atoms with Gasteiger partial charge < -0.3 is 19.1 Å². The number of ether oxygens (including phenoxy) is 1. The van der Waals surface area contributed by atoms with Crippen LogP contribution in [0.3, 0.4) is 0 Å². The molecule has 7 heteroatoms. The van der Waals surface area contributed by atoms with Gasteiger partial charge in [-0.1, -0.05) is 30.3 Å². The third-order valence-electron chi connectivity index (χ3n) is 5.46. The summed E-state index contributed by atoms with van der Waals surface area (Å²) in [5.74, 6) is 0.791. The van der Waals surface area contributed by atoms with Gasteiger partial charge in [0.15, 0.2) is 0 Å². The molecule has 2 aromatic rings. The summed E-state index contributed by atoms with van der Waals surface area (Å²) in [6.45, 7) is 1.31. The summed E-state index contributed by atoms with van der Waals surface area (Å²) in [5.41, 5.74) is 1.04. The van der Waals surface area contributed by atoms with Gasteiger partial charge in [-0.3, -0.25) is 9.59 Å². The quantitative estimate of drug-likeness (QED) is 0.696. The number of benzene rings is 1. The van der Waals surface area contributed by atoms with Crippen molar-refractivity contribution in [1.29, 1.82) is 0 Å². The minimum atomic E-state index is -0.523. The van der Waals surface area contributed by atoms with Gasteiger partial charge >= 0.3 is 0 Å². The zero-order valence-corrected chi connectivity index (χ0v) is 16.2. The summed E-state index contributed by atoms with van der Waals surface area (Å²) < 4.78 is 7.26. The van der Waals surface area contributed by atoms with Crippen LogP contribution in [0.2, 0.25) is 0 Å². The highest BCUT2D eigenvalue weighted by atomic mass is 16.5. The Bertz CT molecular complexity index is 831. The molecule has 1 saturated carbocycles. The molecule has 2 amide bonds. The van der Waals surface area contributed by atoms with Crippen LogP contribution < -0.4 is 0 Å². The molecule has 2 aliphatic rings. The van der Waals surface area contributed by atoms with E-state index in [0.717, 1.165) is 24.2 Å². The van der Waals surface area contributed by atoms with Crippen molar-refractivity contribution in [3.05, 3.63) is 54.1 Å². The topological polar surface area (TPSA) is 67.7 Å². The summed E-state index contributed by atoms with van der Waals surface area (Å²) in [4.78, 5) is 34.0. The fourth-order valence-electron chi connectivity index (χ4n) is 3.78. The molecule has 7 nitrogen and oxygen atoms in total. The van der Waals surface area contributed by atoms with E-state index in [1.54, 1.807) is 23.1 Å². The van der Waals surface area contributed by atoms with Gasteiger partial charge in [0.05, 0.1) is 19.7 Å². The molecule has 0 bridgehead atoms. The van der Waals surface area contributed by atoms with Crippen molar-refractivity contribution < 1.29 is 14.3 Å². The smallest absolute Gasteiger partial charge is 0.246 e. The molecule has 2 heterocycles. The number of piperazine rings is 1. The van der Waals surface area contributed by atoms with E-state index in [4.69, 9.17) is 4.74 Å². The fraction of sp³-hybridized carbons (Fsp3) is 0.476. The van der Waals surface area contributed by atoms with E-state index < -0.39 is 6.04 Å². The summed E-state index contributed by atoms with van der Waals surface area (Å²) >= 11 is 0. The Hall–Kier alpha value is -2.67. The van der Waals surface area contributed by atoms with Gasteiger partial charge in [-0.15, -0.1) is 0 Å². The van der Waals surface area contributed by atoms with Crippen molar-refractivity contribution in [3.63, 3.8) is 0 Å². The highest BCUT2D eigenvalue weighted by Gasteiger charge is 2.40. The predicted octanol–water partition coefficient (Wildman–Crippen LogP) is 1.65. The Morgan fingerprint density at radius 3 is 2.68 bits per heavy atom. The lowest BCUT2D eigenvalue weighted by Crippen LogP contribution is -2.60. The number of amides is 2. The molecule has 1 atom stereocenters. The van der Waals surface area contributed by atoms with Crippen molar-refractivity contribution in [1.82, 2.24) is 19.4 Å². The number of nitrogens with zero attached hydrogens (tertiary/aromatic N) is 4. The first kappa shape index (κ1) is 18.7. The third kappa shape index (κ3) is 3.94. The van der Waals surface area contributed by atoms with Crippen LogP contribution >= 0.6 is 0 Å². The van der Waals surface area contributed by atoms with Crippen LogP contribution in [0, 0.1) is 0 Å². The summed E-state index contributed by atoms with van der Waals surface area (Å²) in [6.07, 6.45) is 6.54. The molecule has 148 valence electrons. The van der Waals surface area contributed by atoms with Crippen molar-refractivity contribution in [2.75, 3.05) is 26.8 Å². The average Bonchev–Trinajstić information content (AvgIpc) is 3.45. The van der Waals surface area contributed by atoms with Gasteiger partial charge in [0.25, 0.3) is 0 Å². The van der Waals surface area contributed by atoms with Gasteiger partial charge in [0, 0.05) is 38.5 Å². The average molecular weight is 382 g/mol. The van der Waals surface area contributed by atoms with Crippen LogP contribution in [0.15, 0.2) is 42.7 Å². The number of carbonyl (C=O) groups is 2. The first-order valence-corrected chi connectivity index (χ1v) is 9.80. The molecule has 1 aliphatic carbocycles. The third-order valence-corrected chi connectivity index (χ3v) is 5.46. The second kappa shape index (κ2) is 8.14. The Labute approximate surface area is 164 Å². The summed E-state index contributed by atoms with van der Waals surface area (Å²) in [7, 11) is 1.60. The van der Waals surface area contributed by atoms with Crippen LogP contribution in [0.1, 0.15) is 30.3 Å². The lowest BCUT2D eigenvalue weighted by Gasteiger charge is -2.40. The van der Waals surface area contributed by atoms with E-state index in [1.165, 1.54) is 0 Å². The van der Waals surface area contributed by atoms with E-state index in [-0.39, 0.29) is 18.4 Å². The molecule has 2 fully saturated rings. The van der Waals surface area contributed by atoms with E-state index in [9.17, 15) is 9.59 Å². The van der Waals surface area contributed by atoms with Gasteiger partial charge in [0.2, 0.25) is 11.8 Å². The van der Waals surface area contributed by atoms with Crippen LogP contribution in [-0.2, 0) is 27.3 Å². The van der Waals surface area contributed by atoms with Crippen molar-refractivity contribution in [3.8, 4) is 0 Å². The number of hydrogen-bond donors (Lipinski definition) is 0. The molecular weight excluding hydrogens is 356 g/mol. The molecule has 0 radical (unpaired) electrons. The molecule has 4 rings (SSSR count). The molecule has 28 heavy (non-hydrogen) atoms. The van der Waals surface area contributed by atoms with Crippen LogP contribution in [0.4, 0.5) is 0 Å². The van der Waals surface area contributed by atoms with E-state index in [1.807, 2.05) is 36.5 Å². The molecule has 0 N–H and O–H groups in total. The predicted molar refractivity (Wildman–Crippen MR) is 103 cm³/mol. The van der Waals surface area contributed by atoms with Crippen LogP contribution in [0.25, 0.3) is 0 Å². The zero-order valence-electron chi connectivity index (χ0n) is 16.2. The second-order valence-corrected chi connectivity index (χ2v) is 7.46. The van der Waals surface area contributed by atoms with E-state index in [0.29, 0.717) is 32.2 Å². The molecule has 1 saturated heterocycles. The SMILES string of the molecule is COCCN1CC(=O)N(Cc2nccn2C2CC2)[C@H](Cc2ccccc2)C1=O. The Kier molecular flexibility index (Phi) is 5.43. The summed E-state index contributed by atoms with van der Waals surface area (Å²) in [5, 5.41) is 0. The molecular formula is C21H26N4O3. The van der Waals surface area contributed by atoms with Gasteiger partial charge in [-0.2, -0.15) is 0 Å². The minimum absolute atomic E-state index is 0.0231. The fourth-order valence-corrected chi connectivity index (χ4v) is 3.78. The largest absolute Gasteiger partial charge is 0.383 e. The highest BCUT2D eigenvalue weighted by Crippen LogP contribution is 2.36. The van der Waals surface area contributed by atoms with Crippen LogP contribution in [0.5, 0.6) is 0 Å². The Morgan fingerprint density at radius 2 is 1.96 bits per heavy atom. The lowest BCUT2D eigenvalue weighted by molar-refractivity contribution is -0.157. The molecule has 1 aliphatic heterocycles. The normalized spacial score (nSPS) is 20.1. The molecule has 1 aromatic heterocycles. The van der Waals surface area contributed by atoms with E-state index >= 15 is 0 Å². The van der Waals surface area contributed by atoms with Gasteiger partial charge in [-0.25, -0.2) is 4.98 Å². The monoisotopic (exact) mass is 382 g/mol. The Balaban J connectivity index is 1.58. The minimum Gasteiger partial charge on any atom is -0.383 e. The standard InChI is InChI=1S/C21H26N4O3/c1-28-12-11-23-15-20(26)25(14-19-22-9-10-24(19)17-7-8-17)18(21(23)27)13-16-5-3-2-4-6-16/h2-6,9-10,17-18H,7-8,11-15H2,1H3/t18-/m1/s1. The second-order valence-electron chi connectivity index (χ2n) is 7.46. The molecule has 0 unspecified atom stereocenters. The number of methoxy groups -OCH3 is 1. The number of rotatable bonds is 8. The molecule has 1 aromatic carbocycles. The lowest BCUT2D eigenvalue weighted by atomic mass is 10.0. The maximum absolute atomic E-state index is 13.2.